The number of hydrogen-bond donors (Lipinski definition) is 2. The number of guanidine groups is 1. The van der Waals surface area contributed by atoms with E-state index in [-0.39, 0.29) is 11.8 Å². The van der Waals surface area contributed by atoms with Crippen LogP contribution < -0.4 is 11.5 Å². The van der Waals surface area contributed by atoms with Gasteiger partial charge < -0.3 is 11.5 Å². The van der Waals surface area contributed by atoms with E-state index in [0.717, 1.165) is 16.0 Å². The van der Waals surface area contributed by atoms with E-state index in [2.05, 4.69) is 10.2 Å². The summed E-state index contributed by atoms with van der Waals surface area (Å²) >= 11 is 1.65. The van der Waals surface area contributed by atoms with E-state index in [1.165, 1.54) is 12.1 Å². The van der Waals surface area contributed by atoms with Gasteiger partial charge in [-0.2, -0.15) is 0 Å². The van der Waals surface area contributed by atoms with Crippen LogP contribution in [0.15, 0.2) is 63.6 Å². The number of thioether (sulfide) groups is 1. The minimum atomic E-state index is -0.308. The van der Waals surface area contributed by atoms with Crippen LogP contribution in [0.5, 0.6) is 0 Å². The van der Waals surface area contributed by atoms with Gasteiger partial charge in [0, 0.05) is 16.0 Å². The summed E-state index contributed by atoms with van der Waals surface area (Å²) in [5.74, 6) is -0.437. The second-order valence-electron chi connectivity index (χ2n) is 4.21. The highest BCUT2D eigenvalue weighted by molar-refractivity contribution is 7.98. The molecule has 0 aliphatic rings. The number of nitrogens with two attached hydrogens (primary N) is 2. The molecule has 2 rings (SSSR count). The number of benzene rings is 2. The molecule has 4 N–H and O–H groups in total. The zero-order valence-electron chi connectivity index (χ0n) is 11.5. The zero-order chi connectivity index (χ0) is 15.2. The molecular formula is C15H15FN4S. The van der Waals surface area contributed by atoms with Crippen LogP contribution in [0.1, 0.15) is 11.1 Å². The van der Waals surface area contributed by atoms with Crippen LogP contribution in [-0.4, -0.2) is 17.9 Å². The molecule has 0 spiro atoms. The predicted octanol–water partition coefficient (Wildman–Crippen LogP) is 2.57. The molecule has 0 aromatic heterocycles. The van der Waals surface area contributed by atoms with Gasteiger partial charge in [0.25, 0.3) is 0 Å². The molecule has 0 bridgehead atoms. The fraction of sp³-hybridized carbons (Fsp3) is 0.0667. The van der Waals surface area contributed by atoms with Crippen molar-refractivity contribution in [3.63, 3.8) is 0 Å². The number of halogens is 1. The van der Waals surface area contributed by atoms with Crippen LogP contribution in [0.2, 0.25) is 0 Å². The van der Waals surface area contributed by atoms with Gasteiger partial charge in [-0.05, 0) is 42.7 Å². The average molecular weight is 302 g/mol. The van der Waals surface area contributed by atoms with Crippen LogP contribution >= 0.6 is 11.8 Å². The second-order valence-corrected chi connectivity index (χ2v) is 5.09. The lowest BCUT2D eigenvalue weighted by atomic mass is 10.0. The van der Waals surface area contributed by atoms with Crippen molar-refractivity contribution >= 4 is 23.4 Å². The SMILES string of the molecule is CSc1ccc(/C(=N/N=C(N)N)c2ccc(F)cc2)cc1. The van der Waals surface area contributed by atoms with Crippen molar-refractivity contribution in [1.29, 1.82) is 0 Å². The van der Waals surface area contributed by atoms with Crippen molar-refractivity contribution < 1.29 is 4.39 Å². The average Bonchev–Trinajstić information content (AvgIpc) is 2.49. The highest BCUT2D eigenvalue weighted by atomic mass is 32.2. The Bertz CT molecular complexity index is 659. The second kappa shape index (κ2) is 6.90. The summed E-state index contributed by atoms with van der Waals surface area (Å²) in [7, 11) is 0. The van der Waals surface area contributed by atoms with E-state index in [1.54, 1.807) is 23.9 Å². The lowest BCUT2D eigenvalue weighted by molar-refractivity contribution is 0.628. The summed E-state index contributed by atoms with van der Waals surface area (Å²) in [6, 6.07) is 13.8. The van der Waals surface area contributed by atoms with Gasteiger partial charge in [0.05, 0.1) is 0 Å². The smallest absolute Gasteiger partial charge is 0.211 e. The van der Waals surface area contributed by atoms with Gasteiger partial charge in [-0.25, -0.2) is 4.39 Å². The Morgan fingerprint density at radius 3 is 1.90 bits per heavy atom. The van der Waals surface area contributed by atoms with E-state index >= 15 is 0 Å². The van der Waals surface area contributed by atoms with Gasteiger partial charge in [0.15, 0.2) is 0 Å². The third kappa shape index (κ3) is 4.06. The molecule has 0 amide bonds. The van der Waals surface area contributed by atoms with E-state index in [1.807, 2.05) is 30.5 Å². The molecule has 0 aliphatic heterocycles. The first-order valence-corrected chi connectivity index (χ1v) is 7.39. The van der Waals surface area contributed by atoms with Crippen molar-refractivity contribution in [2.24, 2.45) is 21.7 Å². The third-order valence-corrected chi connectivity index (χ3v) is 3.49. The minimum Gasteiger partial charge on any atom is -0.369 e. The first kappa shape index (κ1) is 15.1. The van der Waals surface area contributed by atoms with Crippen LogP contribution in [0.25, 0.3) is 0 Å². The fourth-order valence-corrected chi connectivity index (χ4v) is 2.15. The fourth-order valence-electron chi connectivity index (χ4n) is 1.75. The Balaban J connectivity index is 2.47. The number of nitrogens with zero attached hydrogens (tertiary/aromatic N) is 2. The predicted molar refractivity (Wildman–Crippen MR) is 86.1 cm³/mol. The van der Waals surface area contributed by atoms with Gasteiger partial charge in [-0.1, -0.05) is 12.1 Å². The Labute approximate surface area is 126 Å². The lowest BCUT2D eigenvalue weighted by Gasteiger charge is -2.06. The van der Waals surface area contributed by atoms with E-state index in [0.29, 0.717) is 5.71 Å². The zero-order valence-corrected chi connectivity index (χ0v) is 12.3. The van der Waals surface area contributed by atoms with Crippen LogP contribution in [0, 0.1) is 5.82 Å². The number of hydrogen-bond acceptors (Lipinski definition) is 3. The quantitative estimate of drug-likeness (QED) is 0.394. The van der Waals surface area contributed by atoms with Gasteiger partial charge >= 0.3 is 0 Å². The molecule has 0 radical (unpaired) electrons. The van der Waals surface area contributed by atoms with Gasteiger partial charge in [-0.15, -0.1) is 22.0 Å². The summed E-state index contributed by atoms with van der Waals surface area (Å²) < 4.78 is 13.1. The lowest BCUT2D eigenvalue weighted by Crippen LogP contribution is -2.22. The molecular weight excluding hydrogens is 287 g/mol. The topological polar surface area (TPSA) is 76.8 Å². The molecule has 0 atom stereocenters. The van der Waals surface area contributed by atoms with Gasteiger partial charge in [0.1, 0.15) is 11.5 Å². The number of rotatable bonds is 4. The normalized spacial score (nSPS) is 11.2. The van der Waals surface area contributed by atoms with Gasteiger partial charge in [0.2, 0.25) is 5.96 Å². The minimum absolute atomic E-state index is 0.129. The van der Waals surface area contributed by atoms with Crippen molar-refractivity contribution in [2.45, 2.75) is 4.90 Å². The van der Waals surface area contributed by atoms with E-state index in [9.17, 15) is 4.39 Å². The summed E-state index contributed by atoms with van der Waals surface area (Å²) in [5.41, 5.74) is 12.8. The first-order chi connectivity index (χ1) is 10.1. The molecule has 6 heteroatoms. The molecule has 0 saturated heterocycles. The first-order valence-electron chi connectivity index (χ1n) is 6.17. The Kier molecular flexibility index (Phi) is 4.94. The van der Waals surface area contributed by atoms with Crippen LogP contribution in [0.4, 0.5) is 4.39 Å². The van der Waals surface area contributed by atoms with Crippen molar-refractivity contribution in [3.8, 4) is 0 Å². The monoisotopic (exact) mass is 302 g/mol. The molecule has 2 aromatic carbocycles. The summed E-state index contributed by atoms with van der Waals surface area (Å²) in [5, 5.41) is 7.78. The van der Waals surface area contributed by atoms with E-state index < -0.39 is 0 Å². The standard InChI is InChI=1S/C15H15FN4S/c1-21-13-8-4-11(5-9-13)14(19-20-15(17)18)10-2-6-12(16)7-3-10/h2-9H,1H3,(H4,17,18,20)/b19-14+. The van der Waals surface area contributed by atoms with Crippen molar-refractivity contribution in [2.75, 3.05) is 6.26 Å². The summed E-state index contributed by atoms with van der Waals surface area (Å²) in [4.78, 5) is 1.14. The van der Waals surface area contributed by atoms with Crippen LogP contribution in [-0.2, 0) is 0 Å². The Morgan fingerprint density at radius 2 is 1.43 bits per heavy atom. The maximum absolute atomic E-state index is 13.1. The molecule has 108 valence electrons. The molecule has 4 nitrogen and oxygen atoms in total. The molecule has 2 aromatic rings. The van der Waals surface area contributed by atoms with Crippen molar-refractivity contribution in [3.05, 3.63) is 65.5 Å². The molecule has 0 unspecified atom stereocenters. The highest BCUT2D eigenvalue weighted by Gasteiger charge is 2.08. The Hall–Kier alpha value is -2.34. The van der Waals surface area contributed by atoms with Gasteiger partial charge in [-0.3, -0.25) is 0 Å². The van der Waals surface area contributed by atoms with Crippen molar-refractivity contribution in [1.82, 2.24) is 0 Å². The molecule has 0 heterocycles. The molecule has 21 heavy (non-hydrogen) atoms. The summed E-state index contributed by atoms with van der Waals surface area (Å²) in [6.45, 7) is 0. The molecule has 0 saturated carbocycles. The summed E-state index contributed by atoms with van der Waals surface area (Å²) in [6.07, 6.45) is 2.00. The third-order valence-electron chi connectivity index (χ3n) is 2.75. The molecule has 0 aliphatic carbocycles. The Morgan fingerprint density at radius 1 is 0.905 bits per heavy atom. The maximum atomic E-state index is 13.1. The highest BCUT2D eigenvalue weighted by Crippen LogP contribution is 2.18. The largest absolute Gasteiger partial charge is 0.369 e. The maximum Gasteiger partial charge on any atom is 0.211 e. The van der Waals surface area contributed by atoms with E-state index in [4.69, 9.17) is 11.5 Å². The molecule has 0 fully saturated rings. The van der Waals surface area contributed by atoms with Crippen LogP contribution in [0.3, 0.4) is 0 Å².